The van der Waals surface area contributed by atoms with Gasteiger partial charge in [0, 0.05) is 30.0 Å². The smallest absolute Gasteiger partial charge is 0.370 e. The number of ether oxygens (including phenoxy) is 1. The van der Waals surface area contributed by atoms with Crippen LogP contribution >= 0.6 is 0 Å². The van der Waals surface area contributed by atoms with E-state index >= 15 is 0 Å². The molecule has 0 unspecified atom stereocenters. The van der Waals surface area contributed by atoms with Gasteiger partial charge in [0.05, 0.1) is 19.2 Å². The number of benzene rings is 1. The van der Waals surface area contributed by atoms with E-state index in [4.69, 9.17) is 10.5 Å². The number of morpholine rings is 1. The first kappa shape index (κ1) is 22.0. The zero-order chi connectivity index (χ0) is 20.9. The molecule has 0 aromatic heterocycles. The molecule has 1 aliphatic rings. The number of hydrogen-bond donors (Lipinski definition) is 3. The van der Waals surface area contributed by atoms with Crippen molar-refractivity contribution in [2.24, 2.45) is 5.73 Å². The monoisotopic (exact) mass is 410 g/mol. The van der Waals surface area contributed by atoms with Gasteiger partial charge in [-0.05, 0) is 18.2 Å². The number of nitrogens with one attached hydrogen (secondary N) is 2. The van der Waals surface area contributed by atoms with Crippen molar-refractivity contribution in [2.75, 3.05) is 43.1 Å². The number of halogens is 5. The summed E-state index contributed by atoms with van der Waals surface area (Å²) in [6.07, 6.45) is -7.56. The van der Waals surface area contributed by atoms with Gasteiger partial charge in [-0.2, -0.15) is 13.2 Å². The molecular formula is C16H19F5N4O3. The molecule has 156 valence electrons. The van der Waals surface area contributed by atoms with Gasteiger partial charge in [-0.25, -0.2) is 8.78 Å². The van der Waals surface area contributed by atoms with Gasteiger partial charge in [0.15, 0.2) is 0 Å². The minimum atomic E-state index is -4.56. The molecule has 4 N–H and O–H groups in total. The molecule has 7 nitrogen and oxygen atoms in total. The van der Waals surface area contributed by atoms with E-state index in [1.54, 1.807) is 0 Å². The molecule has 2 amide bonds. The fourth-order valence-electron chi connectivity index (χ4n) is 2.55. The van der Waals surface area contributed by atoms with Crippen LogP contribution in [0, 0.1) is 0 Å². The Labute approximate surface area is 157 Å². The van der Waals surface area contributed by atoms with Crippen LogP contribution in [0.3, 0.4) is 0 Å². The van der Waals surface area contributed by atoms with Crippen LogP contribution in [0.25, 0.3) is 0 Å². The third kappa shape index (κ3) is 5.84. The number of nitrogens with two attached hydrogens (primary N) is 1. The number of anilines is 2. The van der Waals surface area contributed by atoms with Crippen LogP contribution in [-0.4, -0.2) is 56.9 Å². The third-order valence-corrected chi connectivity index (χ3v) is 3.93. The zero-order valence-electron chi connectivity index (χ0n) is 14.6. The molecule has 1 saturated heterocycles. The van der Waals surface area contributed by atoms with Gasteiger partial charge in [-0.3, -0.25) is 14.9 Å². The predicted molar refractivity (Wildman–Crippen MR) is 90.1 cm³/mol. The molecule has 1 heterocycles. The van der Waals surface area contributed by atoms with Gasteiger partial charge in [0.2, 0.25) is 5.91 Å². The first-order valence-electron chi connectivity index (χ1n) is 8.23. The maximum Gasteiger partial charge on any atom is 0.401 e. The number of carbonyl (C=O) groups is 2. The van der Waals surface area contributed by atoms with Crippen LogP contribution in [-0.2, 0) is 14.3 Å². The summed E-state index contributed by atoms with van der Waals surface area (Å²) in [6, 6.07) is 2.14. The highest BCUT2D eigenvalue weighted by Crippen LogP contribution is 2.32. The fraction of sp³-hybridized carbons (Fsp3) is 0.500. The van der Waals surface area contributed by atoms with Crippen molar-refractivity contribution < 1.29 is 36.3 Å². The Bertz CT molecular complexity index is 714. The summed E-state index contributed by atoms with van der Waals surface area (Å²) in [5, 5.41) is 4.09. The maximum atomic E-state index is 13.4. The highest BCUT2D eigenvalue weighted by atomic mass is 19.4. The predicted octanol–water partition coefficient (Wildman–Crippen LogP) is 1.41. The van der Waals surface area contributed by atoms with Crippen LogP contribution in [0.5, 0.6) is 0 Å². The van der Waals surface area contributed by atoms with Crippen LogP contribution in [0.2, 0.25) is 0 Å². The lowest BCUT2D eigenvalue weighted by Gasteiger charge is -2.27. The highest BCUT2D eigenvalue weighted by molar-refractivity contribution is 5.97. The second-order valence-electron chi connectivity index (χ2n) is 5.94. The minimum absolute atomic E-state index is 0.175. The van der Waals surface area contributed by atoms with E-state index in [0.29, 0.717) is 0 Å². The van der Waals surface area contributed by atoms with E-state index in [1.165, 1.54) is 11.0 Å². The molecule has 0 bridgehead atoms. The number of nitrogens with zero attached hydrogens (tertiary/aromatic N) is 1. The molecule has 1 atom stereocenters. The van der Waals surface area contributed by atoms with E-state index in [-0.39, 0.29) is 31.1 Å². The number of carbonyl (C=O) groups excluding carboxylic acids is 2. The van der Waals surface area contributed by atoms with Crippen LogP contribution in [0.15, 0.2) is 18.2 Å². The number of amides is 2. The largest absolute Gasteiger partial charge is 0.401 e. The summed E-state index contributed by atoms with van der Waals surface area (Å²) in [6.45, 7) is -1.67. The lowest BCUT2D eigenvalue weighted by atomic mass is 10.1. The minimum Gasteiger partial charge on any atom is -0.370 e. The van der Waals surface area contributed by atoms with Gasteiger partial charge in [-0.15, -0.1) is 0 Å². The second-order valence-corrected chi connectivity index (χ2v) is 5.94. The Morgan fingerprint density at radius 1 is 1.32 bits per heavy atom. The van der Waals surface area contributed by atoms with Crippen molar-refractivity contribution >= 4 is 23.2 Å². The molecule has 0 aliphatic carbocycles. The van der Waals surface area contributed by atoms with Gasteiger partial charge < -0.3 is 20.7 Å². The quantitative estimate of drug-likeness (QED) is 0.591. The topological polar surface area (TPSA) is 96.7 Å². The molecule has 1 aliphatic heterocycles. The molecule has 0 spiro atoms. The van der Waals surface area contributed by atoms with Crippen molar-refractivity contribution in [1.82, 2.24) is 5.32 Å². The Morgan fingerprint density at radius 3 is 2.61 bits per heavy atom. The van der Waals surface area contributed by atoms with E-state index in [2.05, 4.69) is 5.32 Å². The lowest BCUT2D eigenvalue weighted by molar-refractivity contribution is -0.130. The molecule has 0 radical (unpaired) electrons. The summed E-state index contributed by atoms with van der Waals surface area (Å²) in [4.78, 5) is 25.2. The third-order valence-electron chi connectivity index (χ3n) is 3.93. The summed E-state index contributed by atoms with van der Waals surface area (Å²) in [7, 11) is 0. The average Bonchev–Trinajstić information content (AvgIpc) is 2.62. The molecular weight excluding hydrogens is 391 g/mol. The lowest BCUT2D eigenvalue weighted by Crippen LogP contribution is -2.48. The SMILES string of the molecule is NC[C@@H](NCC(F)(F)F)C(=O)Nc1ccc(N2CCOCC2=O)cc1C(F)F. The number of rotatable bonds is 7. The Balaban J connectivity index is 2.17. The van der Waals surface area contributed by atoms with Crippen molar-refractivity contribution in [2.45, 2.75) is 18.6 Å². The highest BCUT2D eigenvalue weighted by Gasteiger charge is 2.30. The summed E-state index contributed by atoms with van der Waals surface area (Å²) >= 11 is 0. The van der Waals surface area contributed by atoms with Gasteiger partial charge >= 0.3 is 6.18 Å². The molecule has 1 fully saturated rings. The molecule has 1 aromatic rings. The van der Waals surface area contributed by atoms with Crippen molar-refractivity contribution in [3.05, 3.63) is 23.8 Å². The zero-order valence-corrected chi connectivity index (χ0v) is 14.6. The Morgan fingerprint density at radius 2 is 2.04 bits per heavy atom. The first-order chi connectivity index (χ1) is 13.1. The maximum absolute atomic E-state index is 13.4. The van der Waals surface area contributed by atoms with Crippen LogP contribution in [0.4, 0.5) is 33.3 Å². The van der Waals surface area contributed by atoms with Gasteiger partial charge in [0.1, 0.15) is 6.61 Å². The average molecular weight is 410 g/mol. The van der Waals surface area contributed by atoms with Crippen LogP contribution in [0.1, 0.15) is 12.0 Å². The van der Waals surface area contributed by atoms with E-state index in [0.717, 1.165) is 12.1 Å². The Hall–Kier alpha value is -2.31. The summed E-state index contributed by atoms with van der Waals surface area (Å²) in [5.74, 6) is -1.38. The van der Waals surface area contributed by atoms with Crippen molar-refractivity contribution in [3.63, 3.8) is 0 Å². The molecule has 0 saturated carbocycles. The molecule has 28 heavy (non-hydrogen) atoms. The Kier molecular flexibility index (Phi) is 7.27. The molecule has 2 rings (SSSR count). The van der Waals surface area contributed by atoms with Crippen LogP contribution < -0.4 is 21.3 Å². The second kappa shape index (κ2) is 9.26. The standard InChI is InChI=1S/C16H19F5N4O3/c17-14(18)10-5-9(25-3-4-28-7-13(25)26)1-2-11(10)24-15(27)12(6-22)23-8-16(19,20)21/h1-2,5,12,14,23H,3-4,6-8,22H2,(H,24,27)/t12-/m1/s1. The fourth-order valence-corrected chi connectivity index (χ4v) is 2.55. The normalized spacial score (nSPS) is 16.4. The van der Waals surface area contributed by atoms with Gasteiger partial charge in [0.25, 0.3) is 12.3 Å². The molecule has 1 aromatic carbocycles. The van der Waals surface area contributed by atoms with E-state index in [1.807, 2.05) is 5.32 Å². The first-order valence-corrected chi connectivity index (χ1v) is 8.23. The van der Waals surface area contributed by atoms with E-state index < -0.39 is 49.1 Å². The number of hydrogen-bond acceptors (Lipinski definition) is 5. The van der Waals surface area contributed by atoms with Crippen molar-refractivity contribution in [1.29, 1.82) is 0 Å². The summed E-state index contributed by atoms with van der Waals surface area (Å²) in [5.41, 5.74) is 4.64. The number of alkyl halides is 5. The van der Waals surface area contributed by atoms with Crippen molar-refractivity contribution in [3.8, 4) is 0 Å². The van der Waals surface area contributed by atoms with Gasteiger partial charge in [-0.1, -0.05) is 0 Å². The summed E-state index contributed by atoms with van der Waals surface area (Å²) < 4.78 is 68.7. The van der Waals surface area contributed by atoms with E-state index in [9.17, 15) is 31.5 Å². The molecule has 12 heteroatoms.